The lowest BCUT2D eigenvalue weighted by Gasteiger charge is -2.20. The highest BCUT2D eigenvalue weighted by molar-refractivity contribution is 7.16. The van der Waals surface area contributed by atoms with Crippen molar-refractivity contribution in [2.75, 3.05) is 0 Å². The van der Waals surface area contributed by atoms with Gasteiger partial charge < -0.3 is 10.6 Å². The Bertz CT molecular complexity index is 743. The first-order valence-corrected chi connectivity index (χ1v) is 8.40. The summed E-state index contributed by atoms with van der Waals surface area (Å²) in [5.41, 5.74) is -0.182. The van der Waals surface area contributed by atoms with Crippen LogP contribution in [0, 0.1) is 11.6 Å². The predicted molar refractivity (Wildman–Crippen MR) is 83.3 cm³/mol. The van der Waals surface area contributed by atoms with Crippen molar-refractivity contribution in [3.05, 3.63) is 40.9 Å². The fraction of sp³-hybridized carbons (Fsp3) is 0.375. The third-order valence-electron chi connectivity index (χ3n) is 4.52. The Kier molecular flexibility index (Phi) is 3.61. The number of nitrogens with one attached hydrogen (secondary N) is 2. The summed E-state index contributed by atoms with van der Waals surface area (Å²) in [6.07, 6.45) is 4.55. The fourth-order valence-corrected chi connectivity index (χ4v) is 4.29. The quantitative estimate of drug-likeness (QED) is 0.907. The third kappa shape index (κ3) is 2.64. The van der Waals surface area contributed by atoms with E-state index in [1.807, 2.05) is 0 Å². The maximum Gasteiger partial charge on any atom is 0.263 e. The second kappa shape index (κ2) is 5.65. The summed E-state index contributed by atoms with van der Waals surface area (Å²) in [5, 5.41) is 6.63. The number of hydrogen-bond donors (Lipinski definition) is 2. The zero-order chi connectivity index (χ0) is 16.0. The second-order valence-corrected chi connectivity index (χ2v) is 7.02. The van der Waals surface area contributed by atoms with Gasteiger partial charge in [-0.3, -0.25) is 4.79 Å². The molecule has 2 aromatic rings. The van der Waals surface area contributed by atoms with Crippen LogP contribution in [-0.4, -0.2) is 29.0 Å². The van der Waals surface area contributed by atoms with Crippen LogP contribution < -0.4 is 10.6 Å². The first-order chi connectivity index (χ1) is 11.1. The molecule has 2 N–H and O–H groups in total. The third-order valence-corrected chi connectivity index (χ3v) is 5.54. The van der Waals surface area contributed by atoms with E-state index in [2.05, 4.69) is 15.6 Å². The number of rotatable bonds is 3. The van der Waals surface area contributed by atoms with Crippen molar-refractivity contribution in [1.82, 2.24) is 15.6 Å². The lowest BCUT2D eigenvalue weighted by Crippen LogP contribution is -2.42. The molecular formula is C16H15F2N3OS. The molecule has 0 saturated carbocycles. The standard InChI is InChI=1S/C16H15F2N3OS/c17-9-2-1-3-10(18)14(9)16-19-7-13(23-16)15(22)21-12-6-8-4-5-11(12)20-8/h1-3,7-8,11-12,20H,4-6H2,(H,21,22). The first-order valence-electron chi connectivity index (χ1n) is 7.59. The van der Waals surface area contributed by atoms with Gasteiger partial charge in [-0.15, -0.1) is 11.3 Å². The van der Waals surface area contributed by atoms with E-state index in [4.69, 9.17) is 0 Å². The van der Waals surface area contributed by atoms with Gasteiger partial charge in [0.25, 0.3) is 5.91 Å². The second-order valence-electron chi connectivity index (χ2n) is 5.99. The van der Waals surface area contributed by atoms with Crippen LogP contribution in [0.4, 0.5) is 8.78 Å². The van der Waals surface area contributed by atoms with Gasteiger partial charge >= 0.3 is 0 Å². The zero-order valence-electron chi connectivity index (χ0n) is 12.2. The summed E-state index contributed by atoms with van der Waals surface area (Å²) in [6.45, 7) is 0. The Morgan fingerprint density at radius 3 is 2.74 bits per heavy atom. The van der Waals surface area contributed by atoms with E-state index in [1.54, 1.807) is 0 Å². The van der Waals surface area contributed by atoms with Crippen molar-refractivity contribution in [3.63, 3.8) is 0 Å². The molecule has 2 aliphatic rings. The number of aromatic nitrogens is 1. The van der Waals surface area contributed by atoms with E-state index >= 15 is 0 Å². The van der Waals surface area contributed by atoms with Crippen LogP contribution >= 0.6 is 11.3 Å². The van der Waals surface area contributed by atoms with Crippen molar-refractivity contribution in [2.24, 2.45) is 0 Å². The molecule has 2 saturated heterocycles. The van der Waals surface area contributed by atoms with Crippen molar-refractivity contribution < 1.29 is 13.6 Å². The van der Waals surface area contributed by atoms with Gasteiger partial charge in [-0.25, -0.2) is 13.8 Å². The van der Waals surface area contributed by atoms with Crippen LogP contribution in [0.25, 0.3) is 10.6 Å². The van der Waals surface area contributed by atoms with Crippen LogP contribution in [0.2, 0.25) is 0 Å². The lowest BCUT2D eigenvalue weighted by atomic mass is 9.95. The maximum atomic E-state index is 13.8. The molecule has 2 fully saturated rings. The Labute approximate surface area is 135 Å². The molecule has 3 unspecified atom stereocenters. The number of benzene rings is 1. The number of thiazole rings is 1. The van der Waals surface area contributed by atoms with Crippen molar-refractivity contribution in [3.8, 4) is 10.6 Å². The number of nitrogens with zero attached hydrogens (tertiary/aromatic N) is 1. The molecule has 2 bridgehead atoms. The molecule has 1 amide bonds. The van der Waals surface area contributed by atoms with Gasteiger partial charge in [0.1, 0.15) is 21.5 Å². The molecule has 0 radical (unpaired) electrons. The van der Waals surface area contributed by atoms with Crippen molar-refractivity contribution >= 4 is 17.2 Å². The average Bonchev–Trinajstić information content (AvgIpc) is 3.23. The minimum Gasteiger partial charge on any atom is -0.347 e. The fourth-order valence-electron chi connectivity index (χ4n) is 3.42. The summed E-state index contributed by atoms with van der Waals surface area (Å²) in [4.78, 5) is 16.7. The first kappa shape index (κ1) is 14.7. The van der Waals surface area contributed by atoms with Crippen molar-refractivity contribution in [2.45, 2.75) is 37.4 Å². The molecule has 4 nitrogen and oxygen atoms in total. The molecule has 7 heteroatoms. The number of carbonyl (C=O) groups excluding carboxylic acids is 1. The van der Waals surface area contributed by atoms with Crippen molar-refractivity contribution in [1.29, 1.82) is 0 Å². The molecule has 4 rings (SSSR count). The predicted octanol–water partition coefficient (Wildman–Crippen LogP) is 2.71. The molecule has 120 valence electrons. The maximum absolute atomic E-state index is 13.8. The van der Waals surface area contributed by atoms with Gasteiger partial charge in [-0.1, -0.05) is 6.07 Å². The summed E-state index contributed by atoms with van der Waals surface area (Å²) < 4.78 is 27.6. The number of amides is 1. The van der Waals surface area contributed by atoms with Gasteiger partial charge in [-0.05, 0) is 31.4 Å². The number of fused-ring (bicyclic) bond motifs is 2. The van der Waals surface area contributed by atoms with Gasteiger partial charge in [0, 0.05) is 18.1 Å². The minimum absolute atomic E-state index is 0.122. The SMILES string of the molecule is O=C(NC1CC2CCC1N2)c1cnc(-c2c(F)cccc2F)s1. The van der Waals surface area contributed by atoms with Crippen LogP contribution in [0.15, 0.2) is 24.4 Å². The minimum atomic E-state index is -0.677. The number of carbonyl (C=O) groups is 1. The summed E-state index contributed by atoms with van der Waals surface area (Å²) >= 11 is 1.00. The molecule has 23 heavy (non-hydrogen) atoms. The van der Waals surface area contributed by atoms with E-state index < -0.39 is 11.6 Å². The monoisotopic (exact) mass is 335 g/mol. The average molecular weight is 335 g/mol. The molecule has 3 atom stereocenters. The Morgan fingerprint density at radius 2 is 2.09 bits per heavy atom. The number of halogens is 2. The molecule has 3 heterocycles. The van der Waals surface area contributed by atoms with Gasteiger partial charge in [0.05, 0.1) is 11.8 Å². The molecule has 0 aliphatic carbocycles. The van der Waals surface area contributed by atoms with Crippen LogP contribution in [0.5, 0.6) is 0 Å². The van der Waals surface area contributed by atoms with Gasteiger partial charge in [-0.2, -0.15) is 0 Å². The smallest absolute Gasteiger partial charge is 0.263 e. The Morgan fingerprint density at radius 1 is 1.30 bits per heavy atom. The summed E-state index contributed by atoms with van der Waals surface area (Å²) in [7, 11) is 0. The molecule has 2 aliphatic heterocycles. The highest BCUT2D eigenvalue weighted by Crippen LogP contribution is 2.31. The van der Waals surface area contributed by atoms with E-state index in [0.717, 1.165) is 30.6 Å². The normalized spacial score (nSPS) is 25.7. The van der Waals surface area contributed by atoms with E-state index in [0.29, 0.717) is 17.0 Å². The Balaban J connectivity index is 1.52. The highest BCUT2D eigenvalue weighted by Gasteiger charge is 2.39. The molecule has 1 aromatic carbocycles. The zero-order valence-corrected chi connectivity index (χ0v) is 13.0. The van der Waals surface area contributed by atoms with E-state index in [9.17, 15) is 13.6 Å². The summed E-state index contributed by atoms with van der Waals surface area (Å²) in [5.74, 6) is -1.59. The summed E-state index contributed by atoms with van der Waals surface area (Å²) in [6, 6.07) is 4.62. The lowest BCUT2D eigenvalue weighted by molar-refractivity contribution is 0.0935. The Hall–Kier alpha value is -1.86. The van der Waals surface area contributed by atoms with Crippen LogP contribution in [0.3, 0.4) is 0 Å². The molecule has 0 spiro atoms. The van der Waals surface area contributed by atoms with Crippen LogP contribution in [-0.2, 0) is 0 Å². The van der Waals surface area contributed by atoms with Gasteiger partial charge in [0.2, 0.25) is 0 Å². The topological polar surface area (TPSA) is 54.0 Å². The molecule has 1 aromatic heterocycles. The van der Waals surface area contributed by atoms with E-state index in [-0.39, 0.29) is 22.5 Å². The van der Waals surface area contributed by atoms with E-state index in [1.165, 1.54) is 24.4 Å². The number of hydrogen-bond acceptors (Lipinski definition) is 4. The molecular weight excluding hydrogens is 320 g/mol. The highest BCUT2D eigenvalue weighted by atomic mass is 32.1. The van der Waals surface area contributed by atoms with Gasteiger partial charge in [0.15, 0.2) is 0 Å². The largest absolute Gasteiger partial charge is 0.347 e. The van der Waals surface area contributed by atoms with Crippen LogP contribution in [0.1, 0.15) is 28.9 Å².